The fourth-order valence-corrected chi connectivity index (χ4v) is 3.02. The van der Waals surface area contributed by atoms with Gasteiger partial charge in [-0.15, -0.1) is 0 Å². The Morgan fingerprint density at radius 1 is 1.17 bits per heavy atom. The van der Waals surface area contributed by atoms with Crippen molar-refractivity contribution in [1.82, 2.24) is 24.9 Å². The molecule has 3 aromatic heterocycles. The van der Waals surface area contributed by atoms with E-state index in [0.717, 1.165) is 0 Å². The third-order valence-corrected chi connectivity index (χ3v) is 4.43. The van der Waals surface area contributed by atoms with E-state index < -0.39 is 5.97 Å². The molecule has 0 radical (unpaired) electrons. The molecule has 1 aromatic carbocycles. The fraction of sp³-hybridized carbons (Fsp3) is 0.190. The Kier molecular flexibility index (Phi) is 5.51. The molecule has 0 aliphatic rings. The number of ether oxygens (including phenoxy) is 2. The third kappa shape index (κ3) is 3.77. The molecule has 0 fully saturated rings. The van der Waals surface area contributed by atoms with E-state index in [-0.39, 0.29) is 12.5 Å². The van der Waals surface area contributed by atoms with Crippen molar-refractivity contribution in [3.05, 3.63) is 72.0 Å². The van der Waals surface area contributed by atoms with Crippen LogP contribution < -0.4 is 4.74 Å². The van der Waals surface area contributed by atoms with Crippen LogP contribution in [-0.4, -0.2) is 38.0 Å². The number of rotatable bonds is 7. The zero-order valence-corrected chi connectivity index (χ0v) is 16.5. The number of esters is 1. The molecule has 0 saturated heterocycles. The molecule has 0 aliphatic carbocycles. The lowest BCUT2D eigenvalue weighted by molar-refractivity contribution is 0.0428. The molecule has 0 N–H and O–H groups in total. The molecule has 9 nitrogen and oxygen atoms in total. The average molecular weight is 405 g/mol. The number of pyridine rings is 1. The number of carbonyl (C=O) groups is 1. The number of nitrogens with zero attached hydrogens (tertiary/aromatic N) is 5. The summed E-state index contributed by atoms with van der Waals surface area (Å²) in [4.78, 5) is 21.2. The minimum absolute atomic E-state index is 0.154. The van der Waals surface area contributed by atoms with Gasteiger partial charge in [-0.2, -0.15) is 10.1 Å². The maximum absolute atomic E-state index is 12.6. The van der Waals surface area contributed by atoms with Crippen molar-refractivity contribution in [1.29, 1.82) is 0 Å². The quantitative estimate of drug-likeness (QED) is 0.432. The number of methoxy groups -OCH3 is 1. The van der Waals surface area contributed by atoms with E-state index >= 15 is 0 Å². The van der Waals surface area contributed by atoms with Crippen LogP contribution in [0.1, 0.15) is 28.9 Å². The van der Waals surface area contributed by atoms with Gasteiger partial charge in [-0.05, 0) is 30.7 Å². The molecule has 0 amide bonds. The van der Waals surface area contributed by atoms with Crippen LogP contribution >= 0.6 is 0 Å². The van der Waals surface area contributed by atoms with Gasteiger partial charge in [0, 0.05) is 6.20 Å². The Morgan fingerprint density at radius 2 is 2.00 bits per heavy atom. The lowest BCUT2D eigenvalue weighted by Gasteiger charge is -2.06. The van der Waals surface area contributed by atoms with E-state index in [1.807, 2.05) is 43.3 Å². The molecular weight excluding hydrogens is 386 g/mol. The van der Waals surface area contributed by atoms with Crippen molar-refractivity contribution in [2.24, 2.45) is 0 Å². The molecule has 0 atom stereocenters. The highest BCUT2D eigenvalue weighted by Crippen LogP contribution is 2.27. The molecule has 0 spiro atoms. The molecule has 0 unspecified atom stereocenters. The number of hydrogen-bond acceptors (Lipinski definition) is 8. The number of aromatic nitrogens is 5. The minimum atomic E-state index is -0.522. The highest BCUT2D eigenvalue weighted by Gasteiger charge is 2.20. The molecule has 0 bridgehead atoms. The van der Waals surface area contributed by atoms with Crippen LogP contribution in [-0.2, 0) is 17.8 Å². The van der Waals surface area contributed by atoms with E-state index in [1.54, 1.807) is 24.1 Å². The van der Waals surface area contributed by atoms with Crippen molar-refractivity contribution < 1.29 is 18.8 Å². The maximum atomic E-state index is 12.6. The average Bonchev–Trinajstić information content (AvgIpc) is 3.45. The summed E-state index contributed by atoms with van der Waals surface area (Å²) in [5, 5.41) is 8.23. The summed E-state index contributed by atoms with van der Waals surface area (Å²) in [6, 6.07) is 12.8. The molecule has 4 rings (SSSR count). The minimum Gasteiger partial charge on any atom is -0.496 e. The summed E-state index contributed by atoms with van der Waals surface area (Å²) in [6.45, 7) is 1.78. The van der Waals surface area contributed by atoms with Crippen molar-refractivity contribution in [3.63, 3.8) is 0 Å². The summed E-state index contributed by atoms with van der Waals surface area (Å²) in [7, 11) is 1.57. The van der Waals surface area contributed by atoms with Gasteiger partial charge in [-0.25, -0.2) is 14.5 Å². The van der Waals surface area contributed by atoms with Crippen LogP contribution in [0.2, 0.25) is 0 Å². The second-order valence-electron chi connectivity index (χ2n) is 6.25. The van der Waals surface area contributed by atoms with E-state index in [4.69, 9.17) is 14.0 Å². The molecule has 4 aromatic rings. The molecule has 9 heteroatoms. The lowest BCUT2D eigenvalue weighted by atomic mass is 10.2. The van der Waals surface area contributed by atoms with E-state index in [0.29, 0.717) is 40.6 Å². The van der Waals surface area contributed by atoms with Gasteiger partial charge in [0.05, 0.1) is 24.6 Å². The summed E-state index contributed by atoms with van der Waals surface area (Å²) in [5.74, 6) is 1.27. The zero-order valence-electron chi connectivity index (χ0n) is 16.5. The number of carbonyl (C=O) groups excluding carboxylic acids is 1. The van der Waals surface area contributed by atoms with Gasteiger partial charge >= 0.3 is 5.97 Å². The lowest BCUT2D eigenvalue weighted by Crippen LogP contribution is -2.10. The third-order valence-electron chi connectivity index (χ3n) is 4.43. The molecular formula is C21H19N5O4. The Labute approximate surface area is 172 Å². The Bertz CT molecular complexity index is 1150. The van der Waals surface area contributed by atoms with Gasteiger partial charge in [0.2, 0.25) is 5.82 Å². The molecule has 152 valence electrons. The molecule has 0 aliphatic heterocycles. The molecule has 30 heavy (non-hydrogen) atoms. The zero-order chi connectivity index (χ0) is 20.9. The first-order valence-corrected chi connectivity index (χ1v) is 9.32. The van der Waals surface area contributed by atoms with Crippen LogP contribution in [0.4, 0.5) is 0 Å². The van der Waals surface area contributed by atoms with Gasteiger partial charge in [0.15, 0.2) is 12.4 Å². The molecule has 0 saturated carbocycles. The van der Waals surface area contributed by atoms with E-state index in [9.17, 15) is 4.79 Å². The van der Waals surface area contributed by atoms with Gasteiger partial charge in [0.25, 0.3) is 5.89 Å². The second-order valence-corrected chi connectivity index (χ2v) is 6.25. The van der Waals surface area contributed by atoms with Crippen LogP contribution in [0.15, 0.2) is 59.4 Å². The fourth-order valence-electron chi connectivity index (χ4n) is 3.02. The first-order valence-electron chi connectivity index (χ1n) is 9.32. The predicted octanol–water partition coefficient (Wildman–Crippen LogP) is 3.25. The van der Waals surface area contributed by atoms with Crippen LogP contribution in [0.3, 0.4) is 0 Å². The van der Waals surface area contributed by atoms with Gasteiger partial charge in [-0.3, -0.25) is 0 Å². The monoisotopic (exact) mass is 405 g/mol. The van der Waals surface area contributed by atoms with Crippen LogP contribution in [0.25, 0.3) is 17.2 Å². The Hall–Kier alpha value is -4.01. The maximum Gasteiger partial charge on any atom is 0.342 e. The summed E-state index contributed by atoms with van der Waals surface area (Å²) < 4.78 is 17.5. The van der Waals surface area contributed by atoms with Gasteiger partial charge in [-0.1, -0.05) is 30.3 Å². The second kappa shape index (κ2) is 8.56. The van der Waals surface area contributed by atoms with Crippen molar-refractivity contribution in [2.75, 3.05) is 7.11 Å². The highest BCUT2D eigenvalue weighted by molar-refractivity contribution is 5.90. The van der Waals surface area contributed by atoms with Crippen LogP contribution in [0.5, 0.6) is 5.75 Å². The predicted molar refractivity (Wildman–Crippen MR) is 106 cm³/mol. The SMILES string of the molecule is CCc1c(C(=O)OCc2nc(-c3ccccc3OC)no2)cnn1-c1ccccn1. The summed E-state index contributed by atoms with van der Waals surface area (Å²) in [6.07, 6.45) is 3.73. The van der Waals surface area contributed by atoms with E-state index in [2.05, 4.69) is 20.2 Å². The first kappa shape index (κ1) is 19.3. The van der Waals surface area contributed by atoms with Gasteiger partial charge in [0.1, 0.15) is 11.3 Å². The standard InChI is InChI=1S/C21H19N5O4/c1-3-16-15(12-23-26(16)18-10-6-7-11-22-18)21(27)29-13-19-24-20(25-30-19)14-8-4-5-9-17(14)28-2/h4-12H,3,13H2,1-2H3. The topological polar surface area (TPSA) is 105 Å². The largest absolute Gasteiger partial charge is 0.496 e. The number of benzene rings is 1. The summed E-state index contributed by atoms with van der Waals surface area (Å²) >= 11 is 0. The highest BCUT2D eigenvalue weighted by atomic mass is 16.6. The summed E-state index contributed by atoms with van der Waals surface area (Å²) in [5.41, 5.74) is 1.76. The van der Waals surface area contributed by atoms with E-state index in [1.165, 1.54) is 6.20 Å². The van der Waals surface area contributed by atoms with Crippen molar-refractivity contribution >= 4 is 5.97 Å². The Morgan fingerprint density at radius 3 is 2.77 bits per heavy atom. The van der Waals surface area contributed by atoms with Crippen LogP contribution in [0, 0.1) is 0 Å². The van der Waals surface area contributed by atoms with Crippen molar-refractivity contribution in [2.45, 2.75) is 20.0 Å². The first-order chi connectivity index (χ1) is 14.7. The molecule has 3 heterocycles. The number of hydrogen-bond donors (Lipinski definition) is 0. The van der Waals surface area contributed by atoms with Crippen molar-refractivity contribution in [3.8, 4) is 23.0 Å². The Balaban J connectivity index is 1.48. The normalized spacial score (nSPS) is 10.7. The number of para-hydroxylation sites is 1. The van der Waals surface area contributed by atoms with Gasteiger partial charge < -0.3 is 14.0 Å². The smallest absolute Gasteiger partial charge is 0.342 e.